The normalized spacial score (nSPS) is 23.5. The molecule has 1 rings (SSSR count). The lowest BCUT2D eigenvalue weighted by Crippen LogP contribution is -2.12. The number of halogens is 6. The van der Waals surface area contributed by atoms with E-state index in [2.05, 4.69) is 63.7 Å². The van der Waals surface area contributed by atoms with Crippen LogP contribution in [-0.4, -0.2) is 5.92 Å². The molecule has 0 saturated heterocycles. The van der Waals surface area contributed by atoms with Crippen LogP contribution in [0.3, 0.4) is 0 Å². The smallest absolute Gasteiger partial charge is 0.194 e. The molecule has 0 heterocycles. The monoisotopic (exact) mass is 414 g/mol. The second-order valence-electron chi connectivity index (χ2n) is 1.83. The summed E-state index contributed by atoms with van der Waals surface area (Å²) in [6, 6.07) is 0. The lowest BCUT2D eigenvalue weighted by atomic mass is 10.4. The Morgan fingerprint density at radius 3 is 1.18 bits per heavy atom. The Balaban J connectivity index is 3.27. The molecule has 0 aromatic heterocycles. The summed E-state index contributed by atoms with van der Waals surface area (Å²) in [5, 5.41) is 0. The van der Waals surface area contributed by atoms with Gasteiger partial charge >= 0.3 is 5.92 Å². The van der Waals surface area contributed by atoms with Crippen LogP contribution in [0.25, 0.3) is 0 Å². The molecule has 0 radical (unpaired) electrons. The van der Waals surface area contributed by atoms with Crippen molar-refractivity contribution in [3.05, 3.63) is 17.9 Å². The lowest BCUT2D eigenvalue weighted by Gasteiger charge is -2.08. The molecule has 0 aromatic carbocycles. The van der Waals surface area contributed by atoms with Crippen LogP contribution in [0.2, 0.25) is 0 Å². The molecule has 0 unspecified atom stereocenters. The molecule has 0 aromatic rings. The summed E-state index contributed by atoms with van der Waals surface area (Å²) in [5.41, 5.74) is 0. The predicted molar refractivity (Wildman–Crippen MR) is 54.7 cm³/mol. The van der Waals surface area contributed by atoms with E-state index in [1.807, 2.05) is 0 Å². The van der Waals surface area contributed by atoms with Gasteiger partial charge in [0, 0.05) is 8.96 Å². The largest absolute Gasteiger partial charge is 0.313 e. The predicted octanol–water partition coefficient (Wildman–Crippen LogP) is 4.64. The fourth-order valence-electron chi connectivity index (χ4n) is 0.565. The molecule has 1 aliphatic carbocycles. The molecule has 0 saturated carbocycles. The van der Waals surface area contributed by atoms with Crippen LogP contribution in [0.15, 0.2) is 17.9 Å². The van der Waals surface area contributed by atoms with Crippen molar-refractivity contribution in [2.75, 3.05) is 0 Å². The minimum atomic E-state index is -2.95. The van der Waals surface area contributed by atoms with Gasteiger partial charge in [0.2, 0.25) is 0 Å². The second-order valence-corrected chi connectivity index (χ2v) is 5.00. The van der Waals surface area contributed by atoms with Gasteiger partial charge in [0.05, 0.1) is 8.96 Å². The van der Waals surface area contributed by atoms with Crippen molar-refractivity contribution in [2.24, 2.45) is 0 Å². The van der Waals surface area contributed by atoms with Gasteiger partial charge in [-0.15, -0.1) is 0 Å². The molecule has 1 aliphatic rings. The van der Waals surface area contributed by atoms with E-state index in [1.165, 1.54) is 0 Å². The van der Waals surface area contributed by atoms with E-state index < -0.39 is 5.92 Å². The zero-order valence-electron chi connectivity index (χ0n) is 4.77. The van der Waals surface area contributed by atoms with Crippen LogP contribution in [0.5, 0.6) is 0 Å². The maximum Gasteiger partial charge on any atom is 0.313 e. The summed E-state index contributed by atoms with van der Waals surface area (Å²) in [6.07, 6.45) is 0. The molecule has 6 heteroatoms. The van der Waals surface area contributed by atoms with E-state index in [0.29, 0.717) is 8.96 Å². The fourth-order valence-corrected chi connectivity index (χ4v) is 3.05. The van der Waals surface area contributed by atoms with Crippen molar-refractivity contribution in [1.82, 2.24) is 0 Å². The Kier molecular flexibility index (Phi) is 3.00. The van der Waals surface area contributed by atoms with Gasteiger partial charge < -0.3 is 0 Å². The summed E-state index contributed by atoms with van der Waals surface area (Å²) in [7, 11) is 0. The van der Waals surface area contributed by atoms with Crippen LogP contribution in [0.4, 0.5) is 8.78 Å². The molecule has 0 nitrogen and oxygen atoms in total. The Morgan fingerprint density at radius 2 is 1.09 bits per heavy atom. The molecule has 0 aliphatic heterocycles. The molecular weight excluding hydrogens is 418 g/mol. The maximum atomic E-state index is 13.0. The molecule has 0 spiro atoms. The van der Waals surface area contributed by atoms with Gasteiger partial charge in [0.25, 0.3) is 0 Å². The van der Waals surface area contributed by atoms with Gasteiger partial charge in [-0.25, -0.2) is 0 Å². The van der Waals surface area contributed by atoms with E-state index in [4.69, 9.17) is 0 Å². The number of rotatable bonds is 0. The second kappa shape index (κ2) is 3.20. The molecule has 0 N–H and O–H groups in total. The lowest BCUT2D eigenvalue weighted by molar-refractivity contribution is 0.107. The van der Waals surface area contributed by atoms with E-state index in [-0.39, 0.29) is 8.96 Å². The molecular formula is C5Br4F2. The Labute approximate surface area is 95.6 Å². The molecule has 0 bridgehead atoms. The first-order valence-corrected chi connectivity index (χ1v) is 5.56. The molecule has 11 heavy (non-hydrogen) atoms. The molecule has 0 amide bonds. The van der Waals surface area contributed by atoms with Crippen LogP contribution in [0, 0.1) is 0 Å². The van der Waals surface area contributed by atoms with Gasteiger partial charge in [-0.1, -0.05) is 0 Å². The molecule has 0 atom stereocenters. The van der Waals surface area contributed by atoms with E-state index in [0.717, 1.165) is 0 Å². The summed E-state index contributed by atoms with van der Waals surface area (Å²) in [6.45, 7) is 0. The Bertz CT molecular complexity index is 240. The highest BCUT2D eigenvalue weighted by molar-refractivity contribution is 9.17. The first kappa shape index (κ1) is 10.3. The average molecular weight is 418 g/mol. The van der Waals surface area contributed by atoms with Crippen LogP contribution >= 0.6 is 63.7 Å². The minimum Gasteiger partial charge on any atom is -0.194 e. The van der Waals surface area contributed by atoms with Crippen molar-refractivity contribution >= 4 is 63.7 Å². The Hall–Kier alpha value is 1.26. The maximum absolute atomic E-state index is 13.0. The number of hydrogen-bond acceptors (Lipinski definition) is 0. The third-order valence-electron chi connectivity index (χ3n) is 1.13. The number of alkyl halides is 2. The zero-order valence-corrected chi connectivity index (χ0v) is 11.1. The quantitative estimate of drug-likeness (QED) is 0.539. The van der Waals surface area contributed by atoms with Crippen molar-refractivity contribution in [3.63, 3.8) is 0 Å². The van der Waals surface area contributed by atoms with Gasteiger partial charge in [0.1, 0.15) is 0 Å². The minimum absolute atomic E-state index is 0.163. The van der Waals surface area contributed by atoms with Gasteiger partial charge in [0.15, 0.2) is 0 Å². The first-order chi connectivity index (χ1) is 4.89. The standard InChI is InChI=1S/C5Br4F2/c6-1-2(7)4(9)5(10,11)3(1)8. The fraction of sp³-hybridized carbons (Fsp3) is 0.200. The van der Waals surface area contributed by atoms with E-state index in [9.17, 15) is 8.78 Å². The third-order valence-corrected chi connectivity index (χ3v) is 6.10. The van der Waals surface area contributed by atoms with Crippen molar-refractivity contribution in [1.29, 1.82) is 0 Å². The zero-order chi connectivity index (χ0) is 8.81. The van der Waals surface area contributed by atoms with Crippen molar-refractivity contribution in [2.45, 2.75) is 5.92 Å². The van der Waals surface area contributed by atoms with Gasteiger partial charge in [-0.3, -0.25) is 0 Å². The number of hydrogen-bond donors (Lipinski definition) is 0. The van der Waals surface area contributed by atoms with Crippen LogP contribution < -0.4 is 0 Å². The Morgan fingerprint density at radius 1 is 0.818 bits per heavy atom. The summed E-state index contributed by atoms with van der Waals surface area (Å²) in [4.78, 5) is 0. The van der Waals surface area contributed by atoms with E-state index in [1.54, 1.807) is 0 Å². The highest BCUT2D eigenvalue weighted by Gasteiger charge is 2.45. The number of allylic oxidation sites excluding steroid dienone is 4. The highest BCUT2D eigenvalue weighted by Crippen LogP contribution is 2.53. The van der Waals surface area contributed by atoms with Crippen LogP contribution in [-0.2, 0) is 0 Å². The van der Waals surface area contributed by atoms with Crippen molar-refractivity contribution < 1.29 is 8.78 Å². The summed E-state index contributed by atoms with van der Waals surface area (Å²) in [5.74, 6) is -2.95. The van der Waals surface area contributed by atoms with Crippen LogP contribution in [0.1, 0.15) is 0 Å². The average Bonchev–Trinajstić information content (AvgIpc) is 2.06. The van der Waals surface area contributed by atoms with Crippen molar-refractivity contribution in [3.8, 4) is 0 Å². The highest BCUT2D eigenvalue weighted by atomic mass is 79.9. The SMILES string of the molecule is FC1(F)C(Br)=C(Br)C(Br)=C1Br. The summed E-state index contributed by atoms with van der Waals surface area (Å²) >= 11 is 11.6. The first-order valence-electron chi connectivity index (χ1n) is 2.38. The third kappa shape index (κ3) is 1.51. The molecule has 0 fully saturated rings. The summed E-state index contributed by atoms with van der Waals surface area (Å²) < 4.78 is 26.3. The van der Waals surface area contributed by atoms with E-state index >= 15 is 0 Å². The van der Waals surface area contributed by atoms with Gasteiger partial charge in [-0.05, 0) is 63.7 Å². The molecule has 62 valence electrons. The topological polar surface area (TPSA) is 0 Å². The van der Waals surface area contributed by atoms with Gasteiger partial charge in [-0.2, -0.15) is 8.78 Å².